The second-order valence-corrected chi connectivity index (χ2v) is 5.34. The molecule has 2 rings (SSSR count). The maximum atomic E-state index is 12.2. The molecule has 24 heavy (non-hydrogen) atoms. The van der Waals surface area contributed by atoms with Gasteiger partial charge in [0, 0.05) is 19.0 Å². The number of nitrogens with one attached hydrogen (secondary N) is 2. The molecule has 0 aliphatic carbocycles. The van der Waals surface area contributed by atoms with Gasteiger partial charge < -0.3 is 20.1 Å². The summed E-state index contributed by atoms with van der Waals surface area (Å²) < 4.78 is 45.9. The summed E-state index contributed by atoms with van der Waals surface area (Å²) in [6, 6.07) is 5.10. The van der Waals surface area contributed by atoms with E-state index in [1.807, 2.05) is 0 Å². The lowest BCUT2D eigenvalue weighted by molar-refractivity contribution is -0.274. The highest BCUT2D eigenvalue weighted by Crippen LogP contribution is 2.25. The zero-order valence-corrected chi connectivity index (χ0v) is 13.9. The van der Waals surface area contributed by atoms with Gasteiger partial charge in [-0.05, 0) is 24.6 Å². The minimum Gasteiger partial charge on any atom is -0.406 e. The third-order valence-corrected chi connectivity index (χ3v) is 3.40. The fraction of sp³-hybridized carbons (Fsp3) is 0.533. The van der Waals surface area contributed by atoms with Crippen molar-refractivity contribution in [1.82, 2.24) is 10.6 Å². The van der Waals surface area contributed by atoms with Crippen LogP contribution in [0.25, 0.3) is 0 Å². The predicted molar refractivity (Wildman–Crippen MR) is 84.2 cm³/mol. The fourth-order valence-corrected chi connectivity index (χ4v) is 2.34. The maximum Gasteiger partial charge on any atom is 0.573 e. The number of hydrogen-bond acceptors (Lipinski definition) is 4. The van der Waals surface area contributed by atoms with Gasteiger partial charge in [0.05, 0.1) is 19.3 Å². The highest BCUT2D eigenvalue weighted by atomic mass is 35.5. The van der Waals surface area contributed by atoms with Crippen LogP contribution in [0.3, 0.4) is 0 Å². The van der Waals surface area contributed by atoms with Gasteiger partial charge in [-0.2, -0.15) is 0 Å². The average Bonchev–Trinajstić information content (AvgIpc) is 2.46. The number of hydrogen-bond donors (Lipinski definition) is 2. The largest absolute Gasteiger partial charge is 0.573 e. The number of carbonyl (C=O) groups excluding carboxylic acids is 1. The number of amides is 1. The summed E-state index contributed by atoms with van der Waals surface area (Å²) in [5.74, 6) is -0.499. The number of rotatable bonds is 5. The average molecular weight is 369 g/mol. The summed E-state index contributed by atoms with van der Waals surface area (Å²) in [5, 5.41) is 5.93. The number of alkyl halides is 3. The van der Waals surface area contributed by atoms with Gasteiger partial charge in [-0.3, -0.25) is 4.79 Å². The van der Waals surface area contributed by atoms with Crippen LogP contribution in [0.1, 0.15) is 24.9 Å². The third-order valence-electron chi connectivity index (χ3n) is 3.40. The van der Waals surface area contributed by atoms with Crippen LogP contribution in [0.2, 0.25) is 0 Å². The number of benzene rings is 1. The molecule has 2 N–H and O–H groups in total. The number of halogens is 4. The molecule has 1 aromatic rings. The lowest BCUT2D eigenvalue weighted by Gasteiger charge is -2.24. The van der Waals surface area contributed by atoms with Gasteiger partial charge in [0.2, 0.25) is 5.91 Å². The van der Waals surface area contributed by atoms with Crippen LogP contribution < -0.4 is 15.4 Å². The van der Waals surface area contributed by atoms with Gasteiger partial charge in [0.25, 0.3) is 0 Å². The van der Waals surface area contributed by atoms with E-state index in [9.17, 15) is 18.0 Å². The van der Waals surface area contributed by atoms with Crippen molar-refractivity contribution in [2.24, 2.45) is 0 Å². The van der Waals surface area contributed by atoms with E-state index in [1.165, 1.54) is 18.2 Å². The van der Waals surface area contributed by atoms with Crippen LogP contribution in [-0.4, -0.2) is 38.1 Å². The second kappa shape index (κ2) is 9.10. The second-order valence-electron chi connectivity index (χ2n) is 5.34. The molecule has 5 nitrogen and oxygen atoms in total. The molecule has 1 aliphatic heterocycles. The van der Waals surface area contributed by atoms with E-state index in [-0.39, 0.29) is 36.5 Å². The van der Waals surface area contributed by atoms with E-state index in [4.69, 9.17) is 4.74 Å². The SMILES string of the molecule is CC(NC(=O)CC1COCCN1)c1cccc(OC(F)(F)F)c1.Cl. The Bertz CT molecular complexity index is 537. The van der Waals surface area contributed by atoms with E-state index >= 15 is 0 Å². The molecule has 0 radical (unpaired) electrons. The Morgan fingerprint density at radius 3 is 2.88 bits per heavy atom. The third kappa shape index (κ3) is 6.94. The molecule has 1 fully saturated rings. The van der Waals surface area contributed by atoms with Crippen LogP contribution in [0.5, 0.6) is 5.75 Å². The molecule has 0 aromatic heterocycles. The lowest BCUT2D eigenvalue weighted by atomic mass is 10.1. The maximum absolute atomic E-state index is 12.2. The summed E-state index contributed by atoms with van der Waals surface area (Å²) in [5.41, 5.74) is 0.535. The number of carbonyl (C=O) groups is 1. The highest BCUT2D eigenvalue weighted by molar-refractivity contribution is 5.85. The number of ether oxygens (including phenoxy) is 2. The number of morpholine rings is 1. The van der Waals surface area contributed by atoms with Crippen molar-refractivity contribution >= 4 is 18.3 Å². The molecule has 1 amide bonds. The molecule has 9 heteroatoms. The summed E-state index contributed by atoms with van der Waals surface area (Å²) in [6.07, 6.45) is -4.49. The van der Waals surface area contributed by atoms with Crippen molar-refractivity contribution in [1.29, 1.82) is 0 Å². The smallest absolute Gasteiger partial charge is 0.406 e. The van der Waals surface area contributed by atoms with Gasteiger partial charge >= 0.3 is 6.36 Å². The van der Waals surface area contributed by atoms with Crippen molar-refractivity contribution < 1.29 is 27.4 Å². The van der Waals surface area contributed by atoms with Crippen LogP contribution in [0, 0.1) is 0 Å². The fourth-order valence-electron chi connectivity index (χ4n) is 2.34. The topological polar surface area (TPSA) is 59.6 Å². The molecule has 2 atom stereocenters. The van der Waals surface area contributed by atoms with Crippen molar-refractivity contribution in [2.75, 3.05) is 19.8 Å². The molecule has 1 heterocycles. The first-order chi connectivity index (χ1) is 10.8. The molecule has 1 aromatic carbocycles. The molecule has 1 aliphatic rings. The van der Waals surface area contributed by atoms with Crippen LogP contribution in [0.4, 0.5) is 13.2 Å². The van der Waals surface area contributed by atoms with Crippen molar-refractivity contribution in [3.63, 3.8) is 0 Å². The van der Waals surface area contributed by atoms with E-state index < -0.39 is 12.4 Å². The van der Waals surface area contributed by atoms with Gasteiger partial charge in [-0.25, -0.2) is 0 Å². The molecule has 0 spiro atoms. The summed E-state index contributed by atoms with van der Waals surface area (Å²) in [6.45, 7) is 3.50. The van der Waals surface area contributed by atoms with Crippen molar-refractivity contribution in [3.8, 4) is 5.75 Å². The monoisotopic (exact) mass is 368 g/mol. The van der Waals surface area contributed by atoms with Crippen molar-refractivity contribution in [3.05, 3.63) is 29.8 Å². The Morgan fingerprint density at radius 2 is 2.25 bits per heavy atom. The Hall–Kier alpha value is -1.51. The lowest BCUT2D eigenvalue weighted by Crippen LogP contribution is -2.44. The zero-order valence-electron chi connectivity index (χ0n) is 13.1. The molecular weight excluding hydrogens is 349 g/mol. The quantitative estimate of drug-likeness (QED) is 0.838. The molecule has 136 valence electrons. The highest BCUT2D eigenvalue weighted by Gasteiger charge is 2.31. The van der Waals surface area contributed by atoms with Crippen molar-refractivity contribution in [2.45, 2.75) is 31.8 Å². The van der Waals surface area contributed by atoms with Crippen LogP contribution in [0.15, 0.2) is 24.3 Å². The van der Waals surface area contributed by atoms with Gasteiger partial charge in [-0.1, -0.05) is 12.1 Å². The van der Waals surface area contributed by atoms with Crippen LogP contribution in [-0.2, 0) is 9.53 Å². The first-order valence-electron chi connectivity index (χ1n) is 7.30. The Balaban J connectivity index is 0.00000288. The van der Waals surface area contributed by atoms with E-state index in [2.05, 4.69) is 15.4 Å². The summed E-state index contributed by atoms with van der Waals surface area (Å²) >= 11 is 0. The van der Waals surface area contributed by atoms with Crippen LogP contribution >= 0.6 is 12.4 Å². The predicted octanol–water partition coefficient (Wildman–Crippen LogP) is 2.56. The molecule has 0 bridgehead atoms. The standard InChI is InChI=1S/C15H19F3N2O3.ClH/c1-10(20-14(21)8-12-9-22-6-5-19-12)11-3-2-4-13(7-11)23-15(16,17)18;/h2-4,7,10,12,19H,5-6,8-9H2,1H3,(H,20,21);1H. The normalized spacial score (nSPS) is 19.1. The summed E-state index contributed by atoms with van der Waals surface area (Å²) in [7, 11) is 0. The molecule has 0 saturated carbocycles. The Morgan fingerprint density at radius 1 is 1.50 bits per heavy atom. The minimum atomic E-state index is -4.74. The molecular formula is C15H20ClF3N2O3. The molecule has 2 unspecified atom stereocenters. The Labute approximate surface area is 144 Å². The minimum absolute atomic E-state index is 0. The Kier molecular flexibility index (Phi) is 7.78. The van der Waals surface area contributed by atoms with Gasteiger partial charge in [-0.15, -0.1) is 25.6 Å². The summed E-state index contributed by atoms with van der Waals surface area (Å²) in [4.78, 5) is 12.0. The first kappa shape index (κ1) is 20.5. The zero-order chi connectivity index (χ0) is 16.9. The van der Waals surface area contributed by atoms with E-state index in [0.717, 1.165) is 0 Å². The van der Waals surface area contributed by atoms with Gasteiger partial charge in [0.1, 0.15) is 5.75 Å². The van der Waals surface area contributed by atoms with Gasteiger partial charge in [0.15, 0.2) is 0 Å². The first-order valence-corrected chi connectivity index (χ1v) is 7.30. The van der Waals surface area contributed by atoms with E-state index in [1.54, 1.807) is 13.0 Å². The van der Waals surface area contributed by atoms with E-state index in [0.29, 0.717) is 25.3 Å². The molecule has 1 saturated heterocycles.